The molecule has 0 N–H and O–H groups in total. The van der Waals surface area contributed by atoms with Crippen LogP contribution in [-0.2, 0) is 0 Å². The van der Waals surface area contributed by atoms with Crippen molar-refractivity contribution >= 4 is 40.3 Å². The molecule has 0 spiro atoms. The average molecular weight is 291 g/mol. The average Bonchev–Trinajstić information content (AvgIpc) is 2.56. The Balaban J connectivity index is 2.09. The Kier molecular flexibility index (Phi) is 4.89. The third kappa shape index (κ3) is 3.46. The van der Waals surface area contributed by atoms with Crippen LogP contribution in [0.5, 0.6) is 0 Å². The molecule has 2 rings (SSSR count). The number of carbonyl (C=O) groups excluding carboxylic acids is 1. The van der Waals surface area contributed by atoms with Crippen molar-refractivity contribution in [2.75, 3.05) is 0 Å². The minimum Gasteiger partial charge on any atom is -0.294 e. The molecule has 0 unspecified atom stereocenters. The van der Waals surface area contributed by atoms with Crippen molar-refractivity contribution in [2.45, 2.75) is 44.9 Å². The third-order valence-electron chi connectivity index (χ3n) is 3.40. The molecular formula is C13H16Cl2OS. The van der Waals surface area contributed by atoms with Gasteiger partial charge in [0.1, 0.15) is 4.34 Å². The van der Waals surface area contributed by atoms with Crippen LogP contribution in [0, 0.1) is 5.92 Å². The van der Waals surface area contributed by atoms with Gasteiger partial charge in [-0.1, -0.05) is 55.3 Å². The van der Waals surface area contributed by atoms with Crippen molar-refractivity contribution < 1.29 is 4.79 Å². The van der Waals surface area contributed by atoms with Crippen molar-refractivity contribution in [3.05, 3.63) is 20.3 Å². The quantitative estimate of drug-likeness (QED) is 0.648. The lowest BCUT2D eigenvalue weighted by Crippen LogP contribution is -2.16. The van der Waals surface area contributed by atoms with Crippen LogP contribution in [0.25, 0.3) is 0 Å². The van der Waals surface area contributed by atoms with Gasteiger partial charge < -0.3 is 0 Å². The molecule has 1 heterocycles. The lowest BCUT2D eigenvalue weighted by molar-refractivity contribution is 0.0899. The Labute approximate surface area is 116 Å². The number of Topliss-reactive ketones (excluding diaryl/α,β-unsaturated/α-hetero) is 1. The van der Waals surface area contributed by atoms with Gasteiger partial charge in [0.05, 0.1) is 4.34 Å². The Bertz CT molecular complexity index is 392. The van der Waals surface area contributed by atoms with Crippen LogP contribution < -0.4 is 0 Å². The molecule has 0 aliphatic heterocycles. The minimum absolute atomic E-state index is 0.151. The van der Waals surface area contributed by atoms with Gasteiger partial charge >= 0.3 is 0 Å². The Morgan fingerprint density at radius 1 is 1.12 bits per heavy atom. The summed E-state index contributed by atoms with van der Waals surface area (Å²) in [5, 5.41) is 0. The van der Waals surface area contributed by atoms with Crippen LogP contribution in [0.2, 0.25) is 8.67 Å². The summed E-state index contributed by atoms with van der Waals surface area (Å²) in [5.41, 5.74) is 0.632. The van der Waals surface area contributed by atoms with E-state index in [4.69, 9.17) is 23.2 Å². The molecule has 17 heavy (non-hydrogen) atoms. The van der Waals surface area contributed by atoms with Gasteiger partial charge in [-0.25, -0.2) is 0 Å². The molecule has 4 heteroatoms. The first kappa shape index (κ1) is 13.4. The van der Waals surface area contributed by atoms with Crippen LogP contribution in [0.15, 0.2) is 6.07 Å². The SMILES string of the molecule is O=C(c1cc(Cl)sc1Cl)C1CCCCCCC1. The molecule has 0 atom stereocenters. The minimum atomic E-state index is 0.151. The lowest BCUT2D eigenvalue weighted by Gasteiger charge is -2.18. The highest BCUT2D eigenvalue weighted by molar-refractivity contribution is 7.20. The van der Waals surface area contributed by atoms with Crippen molar-refractivity contribution in [1.82, 2.24) is 0 Å². The Morgan fingerprint density at radius 3 is 2.24 bits per heavy atom. The predicted octanol–water partition coefficient (Wildman–Crippen LogP) is 5.60. The second-order valence-corrected chi connectivity index (χ2v) is 6.93. The number of hydrogen-bond donors (Lipinski definition) is 0. The van der Waals surface area contributed by atoms with Crippen LogP contribution in [0.3, 0.4) is 0 Å². The van der Waals surface area contributed by atoms with Gasteiger partial charge in [0.15, 0.2) is 5.78 Å². The second kappa shape index (κ2) is 6.21. The van der Waals surface area contributed by atoms with Gasteiger partial charge in [0.2, 0.25) is 0 Å². The first-order valence-corrected chi connectivity index (χ1v) is 7.75. The molecule has 1 aromatic heterocycles. The summed E-state index contributed by atoms with van der Waals surface area (Å²) < 4.78 is 1.14. The fourth-order valence-electron chi connectivity index (χ4n) is 2.45. The van der Waals surface area contributed by atoms with Gasteiger partial charge in [0.25, 0.3) is 0 Å². The number of ketones is 1. The second-order valence-electron chi connectivity index (χ2n) is 4.64. The zero-order valence-corrected chi connectivity index (χ0v) is 12.0. The number of hydrogen-bond acceptors (Lipinski definition) is 2. The lowest BCUT2D eigenvalue weighted by atomic mass is 9.86. The van der Waals surface area contributed by atoms with E-state index in [1.54, 1.807) is 6.07 Å². The largest absolute Gasteiger partial charge is 0.294 e. The van der Waals surface area contributed by atoms with Gasteiger partial charge in [-0.3, -0.25) is 4.79 Å². The topological polar surface area (TPSA) is 17.1 Å². The standard InChI is InChI=1S/C13H16Cl2OS/c14-11-8-10(13(15)17-11)12(16)9-6-4-2-1-3-5-7-9/h8-9H,1-7H2. The highest BCUT2D eigenvalue weighted by atomic mass is 35.5. The van der Waals surface area contributed by atoms with Crippen LogP contribution in [0.1, 0.15) is 55.3 Å². The predicted molar refractivity (Wildman–Crippen MR) is 74.5 cm³/mol. The molecule has 94 valence electrons. The first-order valence-electron chi connectivity index (χ1n) is 6.17. The van der Waals surface area contributed by atoms with Crippen molar-refractivity contribution in [2.24, 2.45) is 5.92 Å². The highest BCUT2D eigenvalue weighted by Crippen LogP contribution is 2.35. The number of halogens is 2. The maximum atomic E-state index is 12.4. The molecule has 0 radical (unpaired) electrons. The van der Waals surface area contributed by atoms with Crippen LogP contribution in [0.4, 0.5) is 0 Å². The molecule has 1 aliphatic rings. The molecule has 1 fully saturated rings. The highest BCUT2D eigenvalue weighted by Gasteiger charge is 2.24. The van der Waals surface area contributed by atoms with E-state index in [9.17, 15) is 4.79 Å². The monoisotopic (exact) mass is 290 g/mol. The van der Waals surface area contributed by atoms with E-state index in [0.29, 0.717) is 14.2 Å². The maximum Gasteiger partial charge on any atom is 0.168 e. The van der Waals surface area contributed by atoms with Crippen molar-refractivity contribution in [1.29, 1.82) is 0 Å². The summed E-state index contributed by atoms with van der Waals surface area (Å²) >= 11 is 13.2. The van der Waals surface area contributed by atoms with Crippen LogP contribution >= 0.6 is 34.5 Å². The molecule has 1 aliphatic carbocycles. The van der Waals surface area contributed by atoms with E-state index in [1.165, 1.54) is 30.6 Å². The fraction of sp³-hybridized carbons (Fsp3) is 0.615. The van der Waals surface area contributed by atoms with Crippen molar-refractivity contribution in [3.8, 4) is 0 Å². The van der Waals surface area contributed by atoms with Gasteiger partial charge in [-0.2, -0.15) is 0 Å². The fourth-order valence-corrected chi connectivity index (χ4v) is 3.92. The van der Waals surface area contributed by atoms with Gasteiger partial charge in [0, 0.05) is 11.5 Å². The van der Waals surface area contributed by atoms with E-state index < -0.39 is 0 Å². The molecule has 1 saturated carbocycles. The maximum absolute atomic E-state index is 12.4. The van der Waals surface area contributed by atoms with Crippen molar-refractivity contribution in [3.63, 3.8) is 0 Å². The summed E-state index contributed by atoms with van der Waals surface area (Å²) in [4.78, 5) is 12.4. The van der Waals surface area contributed by atoms with E-state index in [0.717, 1.165) is 25.7 Å². The van der Waals surface area contributed by atoms with E-state index in [2.05, 4.69) is 0 Å². The summed E-state index contributed by atoms with van der Waals surface area (Å²) in [6, 6.07) is 1.72. The molecule has 1 aromatic rings. The summed E-state index contributed by atoms with van der Waals surface area (Å²) in [6.45, 7) is 0. The number of thiophene rings is 1. The van der Waals surface area contributed by atoms with E-state index >= 15 is 0 Å². The number of rotatable bonds is 2. The molecule has 0 amide bonds. The molecule has 0 saturated heterocycles. The van der Waals surface area contributed by atoms with E-state index in [1.807, 2.05) is 0 Å². The zero-order chi connectivity index (χ0) is 12.3. The summed E-state index contributed by atoms with van der Waals surface area (Å²) in [7, 11) is 0. The van der Waals surface area contributed by atoms with Crippen LogP contribution in [-0.4, -0.2) is 5.78 Å². The van der Waals surface area contributed by atoms with E-state index in [-0.39, 0.29) is 11.7 Å². The molecular weight excluding hydrogens is 275 g/mol. The molecule has 0 bridgehead atoms. The normalized spacial score (nSPS) is 18.7. The Morgan fingerprint density at radius 2 is 1.71 bits per heavy atom. The smallest absolute Gasteiger partial charge is 0.168 e. The first-order chi connectivity index (χ1) is 8.18. The third-order valence-corrected chi connectivity index (χ3v) is 4.89. The molecule has 1 nitrogen and oxygen atoms in total. The summed E-state index contributed by atoms with van der Waals surface area (Å²) in [6.07, 6.45) is 8.14. The van der Waals surface area contributed by atoms with Gasteiger partial charge in [-0.05, 0) is 18.9 Å². The van der Waals surface area contributed by atoms with Gasteiger partial charge in [-0.15, -0.1) is 11.3 Å². The number of carbonyl (C=O) groups is 1. The Hall–Kier alpha value is -0.0500. The zero-order valence-electron chi connectivity index (χ0n) is 9.68. The molecule has 0 aromatic carbocycles. The summed E-state index contributed by atoms with van der Waals surface area (Å²) in [5.74, 6) is 0.346.